The second-order valence-corrected chi connectivity index (χ2v) is 5.86. The van der Waals surface area contributed by atoms with E-state index in [2.05, 4.69) is 12.2 Å². The van der Waals surface area contributed by atoms with Crippen molar-refractivity contribution in [3.8, 4) is 0 Å². The zero-order valence-corrected chi connectivity index (χ0v) is 13.2. The van der Waals surface area contributed by atoms with Crippen molar-refractivity contribution in [1.29, 1.82) is 0 Å². The van der Waals surface area contributed by atoms with E-state index in [1.54, 1.807) is 17.9 Å². The average molecular weight is 305 g/mol. The van der Waals surface area contributed by atoms with E-state index in [1.165, 1.54) is 12.1 Å². The maximum Gasteiger partial charge on any atom is 0.270 e. The Labute approximate surface area is 130 Å². The first-order valence-electron chi connectivity index (χ1n) is 7.77. The van der Waals surface area contributed by atoms with Gasteiger partial charge in [0.05, 0.1) is 4.92 Å². The van der Waals surface area contributed by atoms with Gasteiger partial charge in [-0.2, -0.15) is 0 Å². The number of nitrogens with zero attached hydrogens (tertiary/aromatic N) is 2. The van der Waals surface area contributed by atoms with Gasteiger partial charge in [0.15, 0.2) is 0 Å². The van der Waals surface area contributed by atoms with Crippen LogP contribution in [0.5, 0.6) is 0 Å². The van der Waals surface area contributed by atoms with Crippen molar-refractivity contribution in [2.75, 3.05) is 26.2 Å². The lowest BCUT2D eigenvalue weighted by atomic mass is 9.96. The Balaban J connectivity index is 2.02. The first kappa shape index (κ1) is 16.4. The van der Waals surface area contributed by atoms with Crippen LogP contribution in [0.1, 0.15) is 35.7 Å². The molecule has 120 valence electrons. The summed E-state index contributed by atoms with van der Waals surface area (Å²) in [5.74, 6) is 0.504. The molecular weight excluding hydrogens is 282 g/mol. The van der Waals surface area contributed by atoms with Gasteiger partial charge in [-0.25, -0.2) is 0 Å². The molecule has 1 aliphatic heterocycles. The number of hydrogen-bond acceptors (Lipinski definition) is 4. The summed E-state index contributed by atoms with van der Waals surface area (Å²) in [7, 11) is 0. The zero-order valence-electron chi connectivity index (χ0n) is 13.2. The van der Waals surface area contributed by atoms with Gasteiger partial charge < -0.3 is 10.2 Å². The number of nitrogens with one attached hydrogen (secondary N) is 1. The van der Waals surface area contributed by atoms with Crippen LogP contribution >= 0.6 is 0 Å². The number of non-ortho nitro benzene ring substituents is 1. The van der Waals surface area contributed by atoms with Gasteiger partial charge in [-0.05, 0) is 50.4 Å². The molecule has 1 N–H and O–H groups in total. The van der Waals surface area contributed by atoms with Crippen LogP contribution in [0.4, 0.5) is 5.69 Å². The number of rotatable bonds is 5. The predicted molar refractivity (Wildman–Crippen MR) is 85.0 cm³/mol. The van der Waals surface area contributed by atoms with Crippen molar-refractivity contribution in [1.82, 2.24) is 10.2 Å². The van der Waals surface area contributed by atoms with Crippen LogP contribution in [-0.4, -0.2) is 41.9 Å². The normalized spacial score (nSPS) is 15.8. The first-order chi connectivity index (χ1) is 10.5. The molecule has 1 aromatic rings. The molecular formula is C16H23N3O3. The summed E-state index contributed by atoms with van der Waals surface area (Å²) in [6.07, 6.45) is 1.96. The predicted octanol–water partition coefficient (Wildman–Crippen LogP) is 2.36. The molecule has 0 spiro atoms. The Bertz CT molecular complexity index is 552. The number of amides is 1. The highest BCUT2D eigenvalue weighted by atomic mass is 16.6. The quantitative estimate of drug-likeness (QED) is 0.669. The van der Waals surface area contributed by atoms with E-state index in [0.717, 1.165) is 44.6 Å². The van der Waals surface area contributed by atoms with Gasteiger partial charge in [-0.3, -0.25) is 14.9 Å². The van der Waals surface area contributed by atoms with Crippen molar-refractivity contribution in [3.63, 3.8) is 0 Å². The number of likely N-dealkylation sites (tertiary alicyclic amines) is 1. The Morgan fingerprint density at radius 2 is 2.05 bits per heavy atom. The Morgan fingerprint density at radius 3 is 2.64 bits per heavy atom. The van der Waals surface area contributed by atoms with E-state index in [1.807, 2.05) is 0 Å². The highest BCUT2D eigenvalue weighted by Crippen LogP contribution is 2.22. The largest absolute Gasteiger partial charge is 0.339 e. The summed E-state index contributed by atoms with van der Waals surface area (Å²) in [6.45, 7) is 7.25. The summed E-state index contributed by atoms with van der Waals surface area (Å²) in [5.41, 5.74) is 1.13. The molecule has 1 aromatic carbocycles. The van der Waals surface area contributed by atoms with E-state index in [0.29, 0.717) is 11.5 Å². The topological polar surface area (TPSA) is 75.5 Å². The lowest BCUT2D eigenvalue weighted by Crippen LogP contribution is -2.40. The highest BCUT2D eigenvalue weighted by molar-refractivity contribution is 5.95. The second kappa shape index (κ2) is 7.35. The number of benzene rings is 1. The molecule has 1 fully saturated rings. The fourth-order valence-corrected chi connectivity index (χ4v) is 2.86. The summed E-state index contributed by atoms with van der Waals surface area (Å²) >= 11 is 0. The Hall–Kier alpha value is -1.95. The SMILES string of the molecule is CCNCC1CCN(C(=O)c2cc(C)cc([N+](=O)[O-])c2)CC1. The monoisotopic (exact) mass is 305 g/mol. The van der Waals surface area contributed by atoms with Gasteiger partial charge >= 0.3 is 0 Å². The molecule has 6 heteroatoms. The van der Waals surface area contributed by atoms with E-state index in [4.69, 9.17) is 0 Å². The minimum absolute atomic E-state index is 0.0228. The molecule has 2 rings (SSSR count). The number of nitro groups is 1. The number of aryl methyl sites for hydroxylation is 1. The number of hydrogen-bond donors (Lipinski definition) is 1. The third-order valence-corrected chi connectivity index (χ3v) is 4.10. The number of carbonyl (C=O) groups excluding carboxylic acids is 1. The molecule has 0 atom stereocenters. The van der Waals surface area contributed by atoms with Gasteiger partial charge in [0.1, 0.15) is 0 Å². The molecule has 0 aliphatic carbocycles. The first-order valence-corrected chi connectivity index (χ1v) is 7.77. The second-order valence-electron chi connectivity index (χ2n) is 5.86. The van der Waals surface area contributed by atoms with Crippen LogP contribution in [0.3, 0.4) is 0 Å². The molecule has 1 amide bonds. The van der Waals surface area contributed by atoms with Crippen LogP contribution in [0.2, 0.25) is 0 Å². The van der Waals surface area contributed by atoms with Crippen molar-refractivity contribution in [2.24, 2.45) is 5.92 Å². The van der Waals surface area contributed by atoms with Crippen LogP contribution in [-0.2, 0) is 0 Å². The third-order valence-electron chi connectivity index (χ3n) is 4.10. The van der Waals surface area contributed by atoms with E-state index < -0.39 is 4.92 Å². The minimum atomic E-state index is -0.452. The van der Waals surface area contributed by atoms with Crippen LogP contribution in [0.25, 0.3) is 0 Å². The fraction of sp³-hybridized carbons (Fsp3) is 0.562. The lowest BCUT2D eigenvalue weighted by molar-refractivity contribution is -0.384. The molecule has 1 aliphatic rings. The smallest absolute Gasteiger partial charge is 0.270 e. The Kier molecular flexibility index (Phi) is 5.49. The van der Waals surface area contributed by atoms with Crippen molar-refractivity contribution >= 4 is 11.6 Å². The van der Waals surface area contributed by atoms with Gasteiger partial charge in [-0.15, -0.1) is 0 Å². The van der Waals surface area contributed by atoms with Crippen molar-refractivity contribution in [2.45, 2.75) is 26.7 Å². The van der Waals surface area contributed by atoms with Crippen LogP contribution in [0, 0.1) is 23.0 Å². The van der Waals surface area contributed by atoms with E-state index >= 15 is 0 Å². The third kappa shape index (κ3) is 4.04. The van der Waals surface area contributed by atoms with Crippen LogP contribution in [0.15, 0.2) is 18.2 Å². The number of nitro benzene ring substituents is 1. The molecule has 0 saturated carbocycles. The summed E-state index contributed by atoms with van der Waals surface area (Å²) in [5, 5.41) is 14.3. The molecule has 1 saturated heterocycles. The lowest BCUT2D eigenvalue weighted by Gasteiger charge is -2.32. The molecule has 22 heavy (non-hydrogen) atoms. The molecule has 1 heterocycles. The number of carbonyl (C=O) groups is 1. The maximum absolute atomic E-state index is 12.5. The summed E-state index contributed by atoms with van der Waals surface area (Å²) in [6, 6.07) is 4.58. The van der Waals surface area contributed by atoms with Gasteiger partial charge in [0.2, 0.25) is 0 Å². The minimum Gasteiger partial charge on any atom is -0.339 e. The van der Waals surface area contributed by atoms with Gasteiger partial charge in [0.25, 0.3) is 11.6 Å². The Morgan fingerprint density at radius 1 is 1.36 bits per heavy atom. The standard InChI is InChI=1S/C16H23N3O3/c1-3-17-11-13-4-6-18(7-5-13)16(20)14-8-12(2)9-15(10-14)19(21)22/h8-10,13,17H,3-7,11H2,1-2H3. The van der Waals surface area contributed by atoms with E-state index in [9.17, 15) is 14.9 Å². The highest BCUT2D eigenvalue weighted by Gasteiger charge is 2.24. The molecule has 0 bridgehead atoms. The van der Waals surface area contributed by atoms with E-state index in [-0.39, 0.29) is 11.6 Å². The van der Waals surface area contributed by atoms with Crippen molar-refractivity contribution < 1.29 is 9.72 Å². The summed E-state index contributed by atoms with van der Waals surface area (Å²) < 4.78 is 0. The molecule has 0 aromatic heterocycles. The molecule has 6 nitrogen and oxygen atoms in total. The fourth-order valence-electron chi connectivity index (χ4n) is 2.86. The van der Waals surface area contributed by atoms with Crippen molar-refractivity contribution in [3.05, 3.63) is 39.4 Å². The summed E-state index contributed by atoms with van der Waals surface area (Å²) in [4.78, 5) is 24.8. The molecule has 0 unspecified atom stereocenters. The maximum atomic E-state index is 12.5. The number of piperidine rings is 1. The average Bonchev–Trinajstić information content (AvgIpc) is 2.52. The molecule has 0 radical (unpaired) electrons. The van der Waals surface area contributed by atoms with Gasteiger partial charge in [-0.1, -0.05) is 6.92 Å². The van der Waals surface area contributed by atoms with Crippen LogP contribution < -0.4 is 5.32 Å². The zero-order chi connectivity index (χ0) is 16.1. The van der Waals surface area contributed by atoms with Gasteiger partial charge in [0, 0.05) is 30.8 Å².